The summed E-state index contributed by atoms with van der Waals surface area (Å²) in [4.78, 5) is 22.3. The van der Waals surface area contributed by atoms with Gasteiger partial charge < -0.3 is 16.2 Å². The van der Waals surface area contributed by atoms with E-state index >= 15 is 0 Å². The van der Waals surface area contributed by atoms with Crippen molar-refractivity contribution < 1.29 is 14.7 Å². The van der Waals surface area contributed by atoms with E-state index in [1.54, 1.807) is 0 Å². The highest BCUT2D eigenvalue weighted by Crippen LogP contribution is 2.24. The first-order chi connectivity index (χ1) is 8.04. The molecule has 1 rings (SSSR count). The number of carbonyl (C=O) groups excluding carboxylic acids is 1. The minimum atomic E-state index is -0.751. The fraction of sp³-hybridized carbons (Fsp3) is 0.667. The van der Waals surface area contributed by atoms with Crippen LogP contribution in [0.3, 0.4) is 0 Å². The largest absolute Gasteiger partial charge is 0.481 e. The third kappa shape index (κ3) is 4.08. The molecule has 0 aromatic rings. The maximum absolute atomic E-state index is 11.6. The van der Waals surface area contributed by atoms with Crippen molar-refractivity contribution in [2.75, 3.05) is 0 Å². The second-order valence-electron chi connectivity index (χ2n) is 4.41. The molecule has 0 bridgehead atoms. The van der Waals surface area contributed by atoms with E-state index < -0.39 is 12.0 Å². The smallest absolute Gasteiger partial charge is 0.306 e. The molecule has 1 aliphatic carbocycles. The van der Waals surface area contributed by atoms with Gasteiger partial charge in [-0.3, -0.25) is 9.59 Å². The molecule has 1 aliphatic rings. The molecule has 0 saturated heterocycles. The predicted molar refractivity (Wildman–Crippen MR) is 62.9 cm³/mol. The van der Waals surface area contributed by atoms with Crippen molar-refractivity contribution in [2.24, 2.45) is 11.7 Å². The van der Waals surface area contributed by atoms with Crippen LogP contribution in [0.4, 0.5) is 0 Å². The molecule has 0 aliphatic heterocycles. The first kappa shape index (κ1) is 13.5. The number of carboxylic acid groups (broad SMARTS) is 1. The van der Waals surface area contributed by atoms with Crippen molar-refractivity contribution in [1.29, 1.82) is 0 Å². The van der Waals surface area contributed by atoms with Crippen molar-refractivity contribution >= 4 is 11.9 Å². The molecule has 1 fully saturated rings. The summed E-state index contributed by atoms with van der Waals surface area (Å²) in [6.45, 7) is 0. The van der Waals surface area contributed by atoms with Gasteiger partial charge in [-0.15, -0.1) is 12.3 Å². The predicted octanol–water partition coefficient (Wildman–Crippen LogP) is 0.0966. The van der Waals surface area contributed by atoms with Crippen molar-refractivity contribution in [3.8, 4) is 12.3 Å². The van der Waals surface area contributed by atoms with Crippen LogP contribution in [-0.2, 0) is 9.59 Å². The Labute approximate surface area is 101 Å². The normalized spacial score (nSPS) is 25.6. The van der Waals surface area contributed by atoms with E-state index in [1.807, 2.05) is 0 Å². The Morgan fingerprint density at radius 1 is 1.41 bits per heavy atom. The Morgan fingerprint density at radius 2 is 2.00 bits per heavy atom. The molecule has 0 spiro atoms. The van der Waals surface area contributed by atoms with Gasteiger partial charge in [0, 0.05) is 12.5 Å². The highest BCUT2D eigenvalue weighted by atomic mass is 16.4. The summed E-state index contributed by atoms with van der Waals surface area (Å²) in [5.74, 6) is 1.07. The minimum Gasteiger partial charge on any atom is -0.481 e. The molecule has 1 unspecified atom stereocenters. The number of rotatable bonds is 4. The highest BCUT2D eigenvalue weighted by Gasteiger charge is 2.27. The van der Waals surface area contributed by atoms with Crippen molar-refractivity contribution in [3.05, 3.63) is 0 Å². The van der Waals surface area contributed by atoms with Crippen LogP contribution < -0.4 is 11.1 Å². The SMILES string of the molecule is C#CCC(N)C(=O)NC1CCC(C(=O)O)CC1. The number of nitrogens with one attached hydrogen (secondary N) is 1. The lowest BCUT2D eigenvalue weighted by atomic mass is 9.86. The Kier molecular flexibility index (Phi) is 4.98. The third-order valence-corrected chi connectivity index (χ3v) is 3.10. The molecule has 5 heteroatoms. The van der Waals surface area contributed by atoms with Crippen LogP contribution in [0.1, 0.15) is 32.1 Å². The Hall–Kier alpha value is -1.54. The van der Waals surface area contributed by atoms with Gasteiger partial charge in [0.2, 0.25) is 5.91 Å². The van der Waals surface area contributed by atoms with Crippen molar-refractivity contribution in [1.82, 2.24) is 5.32 Å². The van der Waals surface area contributed by atoms with Crippen LogP contribution in [0.25, 0.3) is 0 Å². The average molecular weight is 238 g/mol. The summed E-state index contributed by atoms with van der Waals surface area (Å²) in [5.41, 5.74) is 5.57. The molecule has 17 heavy (non-hydrogen) atoms. The Bertz CT molecular complexity index is 327. The summed E-state index contributed by atoms with van der Waals surface area (Å²) >= 11 is 0. The van der Waals surface area contributed by atoms with Crippen LogP contribution in [0.2, 0.25) is 0 Å². The molecular formula is C12H18N2O3. The lowest BCUT2D eigenvalue weighted by Crippen LogP contribution is -2.46. The van der Waals surface area contributed by atoms with Gasteiger partial charge in [-0.2, -0.15) is 0 Å². The topological polar surface area (TPSA) is 92.4 Å². The molecule has 1 saturated carbocycles. The van der Waals surface area contributed by atoms with E-state index in [4.69, 9.17) is 17.3 Å². The number of carboxylic acids is 1. The third-order valence-electron chi connectivity index (χ3n) is 3.10. The summed E-state index contributed by atoms with van der Waals surface area (Å²) in [6, 6.07) is -0.640. The van der Waals surface area contributed by atoms with Crippen LogP contribution in [0.5, 0.6) is 0 Å². The zero-order chi connectivity index (χ0) is 12.8. The second kappa shape index (κ2) is 6.26. The maximum Gasteiger partial charge on any atom is 0.306 e. The maximum atomic E-state index is 11.6. The van der Waals surface area contributed by atoms with Gasteiger partial charge in [0.15, 0.2) is 0 Å². The number of aliphatic carboxylic acids is 1. The van der Waals surface area contributed by atoms with Crippen molar-refractivity contribution in [2.45, 2.75) is 44.2 Å². The molecule has 4 N–H and O–H groups in total. The van der Waals surface area contributed by atoms with Gasteiger partial charge in [-0.05, 0) is 25.7 Å². The van der Waals surface area contributed by atoms with Gasteiger partial charge in [0.25, 0.3) is 0 Å². The fourth-order valence-electron chi connectivity index (χ4n) is 2.01. The number of hydrogen-bond donors (Lipinski definition) is 3. The molecular weight excluding hydrogens is 220 g/mol. The number of terminal acetylenes is 1. The second-order valence-corrected chi connectivity index (χ2v) is 4.41. The minimum absolute atomic E-state index is 0.0296. The van der Waals surface area contributed by atoms with Gasteiger partial charge in [0.1, 0.15) is 0 Å². The summed E-state index contributed by atoms with van der Waals surface area (Å²) in [6.07, 6.45) is 7.87. The van der Waals surface area contributed by atoms with Crippen LogP contribution in [0, 0.1) is 18.3 Å². The number of nitrogens with two attached hydrogens (primary N) is 1. The highest BCUT2D eigenvalue weighted by molar-refractivity contribution is 5.82. The monoisotopic (exact) mass is 238 g/mol. The number of amides is 1. The first-order valence-electron chi connectivity index (χ1n) is 5.76. The first-order valence-corrected chi connectivity index (χ1v) is 5.76. The molecule has 0 radical (unpaired) electrons. The van der Waals surface area contributed by atoms with Gasteiger partial charge >= 0.3 is 5.97 Å². The molecule has 0 aromatic carbocycles. The van der Waals surface area contributed by atoms with E-state index in [0.29, 0.717) is 25.7 Å². The molecule has 0 aromatic heterocycles. The van der Waals surface area contributed by atoms with Gasteiger partial charge in [-0.25, -0.2) is 0 Å². The van der Waals surface area contributed by atoms with E-state index in [9.17, 15) is 9.59 Å². The lowest BCUT2D eigenvalue weighted by molar-refractivity contribution is -0.142. The van der Waals surface area contributed by atoms with Crippen LogP contribution in [0.15, 0.2) is 0 Å². The van der Waals surface area contributed by atoms with E-state index in [-0.39, 0.29) is 24.3 Å². The van der Waals surface area contributed by atoms with Crippen LogP contribution in [-0.4, -0.2) is 29.1 Å². The summed E-state index contributed by atoms with van der Waals surface area (Å²) < 4.78 is 0. The average Bonchev–Trinajstić information content (AvgIpc) is 2.30. The van der Waals surface area contributed by atoms with Gasteiger partial charge in [0.05, 0.1) is 12.0 Å². The molecule has 5 nitrogen and oxygen atoms in total. The van der Waals surface area contributed by atoms with Gasteiger partial charge in [-0.1, -0.05) is 0 Å². The number of carbonyl (C=O) groups is 2. The standard InChI is InChI=1S/C12H18N2O3/c1-2-3-10(13)11(15)14-9-6-4-8(5-7-9)12(16)17/h1,8-10H,3-7,13H2,(H,14,15)(H,16,17). The van der Waals surface area contributed by atoms with E-state index in [0.717, 1.165) is 0 Å². The van der Waals surface area contributed by atoms with Crippen molar-refractivity contribution in [3.63, 3.8) is 0 Å². The fourth-order valence-corrected chi connectivity index (χ4v) is 2.01. The summed E-state index contributed by atoms with van der Waals surface area (Å²) in [5, 5.41) is 11.6. The molecule has 1 amide bonds. The van der Waals surface area contributed by atoms with E-state index in [2.05, 4.69) is 11.2 Å². The quantitative estimate of drug-likeness (QED) is 0.605. The number of hydrogen-bond acceptors (Lipinski definition) is 3. The zero-order valence-corrected chi connectivity index (χ0v) is 9.69. The summed E-state index contributed by atoms with van der Waals surface area (Å²) in [7, 11) is 0. The lowest BCUT2D eigenvalue weighted by Gasteiger charge is -2.27. The van der Waals surface area contributed by atoms with Crippen LogP contribution >= 0.6 is 0 Å². The Morgan fingerprint density at radius 3 is 2.47 bits per heavy atom. The Balaban J connectivity index is 2.33. The molecule has 1 atom stereocenters. The van der Waals surface area contributed by atoms with E-state index in [1.165, 1.54) is 0 Å². The molecule has 0 heterocycles. The molecule has 94 valence electrons. The zero-order valence-electron chi connectivity index (χ0n) is 9.69.